The largest absolute Gasteiger partial charge is 0.695 e. The highest BCUT2D eigenvalue weighted by atomic mass is 31.1. The third-order valence-corrected chi connectivity index (χ3v) is 3.44. The van der Waals surface area contributed by atoms with Crippen molar-refractivity contribution in [3.8, 4) is 0 Å². The van der Waals surface area contributed by atoms with Crippen molar-refractivity contribution in [3.05, 3.63) is 22.7 Å². The first-order valence-corrected chi connectivity index (χ1v) is 7.09. The summed E-state index contributed by atoms with van der Waals surface area (Å²) < 4.78 is 35.8. The van der Waals surface area contributed by atoms with E-state index in [0.717, 1.165) is 4.57 Å². The van der Waals surface area contributed by atoms with E-state index < -0.39 is 44.7 Å². The van der Waals surface area contributed by atoms with Crippen molar-refractivity contribution in [1.82, 2.24) is 9.55 Å². The zero-order valence-corrected chi connectivity index (χ0v) is 11.8. The maximum Gasteiger partial charge on any atom is 0.695 e. The summed E-state index contributed by atoms with van der Waals surface area (Å²) in [4.78, 5) is 23.9. The molecule has 6 atom stereocenters. The molecule has 1 saturated heterocycles. The monoisotopic (exact) mass is 322 g/mol. The fourth-order valence-corrected chi connectivity index (χ4v) is 2.55. The van der Waals surface area contributed by atoms with E-state index in [9.17, 15) is 18.9 Å². The quantitative estimate of drug-likeness (QED) is 0.630. The van der Waals surface area contributed by atoms with Gasteiger partial charge in [-0.3, -0.25) is 4.57 Å². The smallest absolute Gasteiger partial charge is 0.391 e. The molecule has 1 aromatic rings. The number of aromatic nitrogens is 2. The molecule has 1 aromatic heterocycles. The van der Waals surface area contributed by atoms with Crippen molar-refractivity contribution in [2.24, 2.45) is 0 Å². The molecule has 2 unspecified atom stereocenters. The zero-order valence-electron chi connectivity index (χ0n) is 10.9. The summed E-state index contributed by atoms with van der Waals surface area (Å²) in [6.07, 6.45) is -6.08. The Morgan fingerprint density at radius 2 is 2.33 bits per heavy atom. The maximum atomic E-state index is 14.4. The van der Waals surface area contributed by atoms with Crippen LogP contribution in [0, 0.1) is 0 Å². The van der Waals surface area contributed by atoms with Gasteiger partial charge in [-0.2, -0.15) is 4.98 Å². The van der Waals surface area contributed by atoms with Crippen LogP contribution >= 0.6 is 8.25 Å². The number of halogens is 1. The topological polar surface area (TPSA) is 137 Å². The molecule has 0 aromatic carbocycles. The highest BCUT2D eigenvalue weighted by molar-refractivity contribution is 7.32. The van der Waals surface area contributed by atoms with Gasteiger partial charge in [-0.15, -0.1) is 9.42 Å². The Morgan fingerprint density at radius 3 is 2.86 bits per heavy atom. The lowest BCUT2D eigenvalue weighted by atomic mass is 10.1. The summed E-state index contributed by atoms with van der Waals surface area (Å²) >= 11 is 0. The van der Waals surface area contributed by atoms with E-state index in [-0.39, 0.29) is 5.82 Å². The average Bonchev–Trinajstić information content (AvgIpc) is 2.67. The molecular formula is C10H14FN3O6P+. The molecule has 2 rings (SSSR count). The van der Waals surface area contributed by atoms with Gasteiger partial charge < -0.3 is 15.6 Å². The minimum Gasteiger partial charge on any atom is -0.391 e. The van der Waals surface area contributed by atoms with Crippen LogP contribution in [0.1, 0.15) is 13.2 Å². The Balaban J connectivity index is 2.33. The Kier molecular flexibility index (Phi) is 4.64. The van der Waals surface area contributed by atoms with Gasteiger partial charge in [0.1, 0.15) is 11.9 Å². The van der Waals surface area contributed by atoms with Crippen molar-refractivity contribution < 1.29 is 28.2 Å². The first-order valence-electron chi connectivity index (χ1n) is 5.96. The summed E-state index contributed by atoms with van der Waals surface area (Å²) in [6, 6.07) is 1.27. The highest BCUT2D eigenvalue weighted by Gasteiger charge is 2.53. The van der Waals surface area contributed by atoms with E-state index in [1.165, 1.54) is 19.2 Å². The third-order valence-electron chi connectivity index (χ3n) is 3.02. The first kappa shape index (κ1) is 15.9. The van der Waals surface area contributed by atoms with Gasteiger partial charge in [-0.1, -0.05) is 0 Å². The molecule has 0 aliphatic carbocycles. The molecule has 0 bridgehead atoms. The fraction of sp³-hybridized carbons (Fsp3) is 0.600. The van der Waals surface area contributed by atoms with Crippen LogP contribution in [0.15, 0.2) is 17.1 Å². The lowest BCUT2D eigenvalue weighted by molar-refractivity contribution is -0.0756. The second-order valence-electron chi connectivity index (χ2n) is 4.53. The van der Waals surface area contributed by atoms with Crippen LogP contribution in [0.5, 0.6) is 0 Å². The van der Waals surface area contributed by atoms with E-state index in [2.05, 4.69) is 9.51 Å². The van der Waals surface area contributed by atoms with E-state index in [4.69, 9.17) is 15.4 Å². The molecule has 0 amide bonds. The Labute approximate surface area is 119 Å². The zero-order chi connectivity index (χ0) is 15.7. The maximum absolute atomic E-state index is 14.4. The molecule has 1 aliphatic heterocycles. The number of nitrogen functional groups attached to an aromatic ring is 1. The minimum absolute atomic E-state index is 0.0389. The Bertz CT molecular complexity index is 596. The van der Waals surface area contributed by atoms with Crippen LogP contribution in [0.25, 0.3) is 0 Å². The molecule has 11 heteroatoms. The number of nitrogens with zero attached hydrogens (tertiary/aromatic N) is 2. The van der Waals surface area contributed by atoms with Crippen molar-refractivity contribution in [3.63, 3.8) is 0 Å². The molecule has 0 spiro atoms. The fourth-order valence-electron chi connectivity index (χ4n) is 2.11. The van der Waals surface area contributed by atoms with E-state index in [1.807, 2.05) is 0 Å². The second kappa shape index (κ2) is 6.12. The Morgan fingerprint density at radius 1 is 1.67 bits per heavy atom. The second-order valence-corrected chi connectivity index (χ2v) is 5.21. The van der Waals surface area contributed by atoms with Crippen LogP contribution < -0.4 is 11.4 Å². The number of rotatable bonds is 4. The molecule has 0 radical (unpaired) electrons. The molecule has 21 heavy (non-hydrogen) atoms. The van der Waals surface area contributed by atoms with Gasteiger partial charge in [0.2, 0.25) is 0 Å². The first-order chi connectivity index (χ1) is 9.81. The van der Waals surface area contributed by atoms with Gasteiger partial charge >= 0.3 is 13.9 Å². The van der Waals surface area contributed by atoms with Gasteiger partial charge in [-0.25, -0.2) is 9.18 Å². The summed E-state index contributed by atoms with van der Waals surface area (Å²) in [7, 11) is -3.09. The molecule has 1 fully saturated rings. The summed E-state index contributed by atoms with van der Waals surface area (Å²) in [5, 5.41) is 9.56. The van der Waals surface area contributed by atoms with Crippen LogP contribution in [0.4, 0.5) is 10.2 Å². The van der Waals surface area contributed by atoms with Gasteiger partial charge in [0.05, 0.1) is 6.10 Å². The lowest BCUT2D eigenvalue weighted by Gasteiger charge is -2.17. The van der Waals surface area contributed by atoms with E-state index >= 15 is 0 Å². The standard InChI is InChI=1S/C10H13FN3O6P/c1-4(15)7-8(20-21(17)18)6(11)9(19-7)14-3-2-5(12)13-10(14)16/h2-4,6-9,15H,1H3,(H2-,12,13,16,17,18)/p+1/t4-,6+,7-,8?,9-/m1/s1. The van der Waals surface area contributed by atoms with Crippen molar-refractivity contribution >= 4 is 14.1 Å². The van der Waals surface area contributed by atoms with Crippen molar-refractivity contribution in [1.29, 1.82) is 0 Å². The number of aliphatic hydroxyl groups is 1. The molecule has 4 N–H and O–H groups in total. The number of anilines is 1. The molecule has 0 saturated carbocycles. The Hall–Kier alpha value is -1.45. The number of aliphatic hydroxyl groups excluding tert-OH is 1. The van der Waals surface area contributed by atoms with E-state index in [0.29, 0.717) is 0 Å². The lowest BCUT2D eigenvalue weighted by Crippen LogP contribution is -2.37. The SMILES string of the molecule is C[C@@H](O)[C@H]1O[C@@H](n2ccc(N)nc2=O)[C@@H](F)C1O[P+](=O)O. The van der Waals surface area contributed by atoms with Gasteiger partial charge in [0, 0.05) is 10.8 Å². The van der Waals surface area contributed by atoms with Crippen molar-refractivity contribution in [2.75, 3.05) is 5.73 Å². The molecule has 116 valence electrons. The highest BCUT2D eigenvalue weighted by Crippen LogP contribution is 2.38. The van der Waals surface area contributed by atoms with Gasteiger partial charge in [0.25, 0.3) is 0 Å². The van der Waals surface area contributed by atoms with Crippen LogP contribution in [0.3, 0.4) is 0 Å². The molecular weight excluding hydrogens is 308 g/mol. The van der Waals surface area contributed by atoms with Crippen LogP contribution in [-0.2, 0) is 13.8 Å². The summed E-state index contributed by atoms with van der Waals surface area (Å²) in [5.41, 5.74) is 4.49. The van der Waals surface area contributed by atoms with Gasteiger partial charge in [-0.05, 0) is 13.0 Å². The predicted octanol–water partition coefficient (Wildman–Crippen LogP) is -0.523. The molecule has 1 aliphatic rings. The van der Waals surface area contributed by atoms with E-state index in [1.54, 1.807) is 0 Å². The predicted molar refractivity (Wildman–Crippen MR) is 68.1 cm³/mol. The normalized spacial score (nSPS) is 31.1. The number of ether oxygens (including phenoxy) is 1. The molecule has 2 heterocycles. The van der Waals surface area contributed by atoms with Gasteiger partial charge in [0.15, 0.2) is 18.5 Å². The van der Waals surface area contributed by atoms with Crippen LogP contribution in [-0.4, -0.2) is 44.0 Å². The number of alkyl halides is 1. The average molecular weight is 322 g/mol. The van der Waals surface area contributed by atoms with Crippen LogP contribution in [0.2, 0.25) is 0 Å². The number of nitrogens with two attached hydrogens (primary N) is 1. The van der Waals surface area contributed by atoms with Crippen molar-refractivity contribution in [2.45, 2.75) is 37.6 Å². The minimum atomic E-state index is -3.09. The molecule has 9 nitrogen and oxygen atoms in total. The summed E-state index contributed by atoms with van der Waals surface area (Å²) in [6.45, 7) is 1.31. The number of hydrogen-bond acceptors (Lipinski definition) is 7. The third kappa shape index (κ3) is 3.25. The summed E-state index contributed by atoms with van der Waals surface area (Å²) in [5.74, 6) is -0.0389. The number of hydrogen-bond donors (Lipinski definition) is 3.